The van der Waals surface area contributed by atoms with Gasteiger partial charge in [-0.15, -0.1) is 0 Å². The number of benzene rings is 1. The van der Waals surface area contributed by atoms with E-state index in [4.69, 9.17) is 5.73 Å². The van der Waals surface area contributed by atoms with Crippen molar-refractivity contribution in [2.75, 3.05) is 13.1 Å². The van der Waals surface area contributed by atoms with Crippen LogP contribution in [0.2, 0.25) is 0 Å². The van der Waals surface area contributed by atoms with Crippen molar-refractivity contribution in [1.29, 1.82) is 0 Å². The van der Waals surface area contributed by atoms with Crippen LogP contribution in [0, 0.1) is 6.92 Å². The number of hydrogen-bond acceptors (Lipinski definition) is 3. The summed E-state index contributed by atoms with van der Waals surface area (Å²) in [6, 6.07) is 4.91. The van der Waals surface area contributed by atoms with Gasteiger partial charge in [0.15, 0.2) is 0 Å². The summed E-state index contributed by atoms with van der Waals surface area (Å²) in [4.78, 5) is 11.6. The van der Waals surface area contributed by atoms with Crippen LogP contribution in [-0.4, -0.2) is 24.1 Å². The average molecular weight is 222 g/mol. The van der Waals surface area contributed by atoms with E-state index in [1.54, 1.807) is 19.1 Å². The summed E-state index contributed by atoms with van der Waals surface area (Å²) >= 11 is 0. The zero-order chi connectivity index (χ0) is 12.0. The Morgan fingerprint density at radius 1 is 1.44 bits per heavy atom. The van der Waals surface area contributed by atoms with Crippen LogP contribution in [0.4, 0.5) is 0 Å². The Morgan fingerprint density at radius 3 is 2.81 bits per heavy atom. The minimum atomic E-state index is -0.160. The molecular formula is C12H18N2O2. The van der Waals surface area contributed by atoms with Gasteiger partial charge in [-0.2, -0.15) is 0 Å². The number of phenols is 1. The Bertz CT molecular complexity index is 364. The molecule has 0 fully saturated rings. The van der Waals surface area contributed by atoms with Crippen LogP contribution in [0.5, 0.6) is 5.75 Å². The van der Waals surface area contributed by atoms with E-state index in [1.165, 1.54) is 6.07 Å². The first-order chi connectivity index (χ1) is 7.65. The highest BCUT2D eigenvalue weighted by Gasteiger charge is 2.06. The maximum atomic E-state index is 11.6. The van der Waals surface area contributed by atoms with E-state index in [2.05, 4.69) is 5.32 Å². The lowest BCUT2D eigenvalue weighted by atomic mass is 10.1. The number of carbonyl (C=O) groups excluding carboxylic acids is 1. The molecular weight excluding hydrogens is 204 g/mol. The predicted molar refractivity (Wildman–Crippen MR) is 63.5 cm³/mol. The van der Waals surface area contributed by atoms with Crippen molar-refractivity contribution in [1.82, 2.24) is 5.32 Å². The average Bonchev–Trinajstić information content (AvgIpc) is 2.28. The summed E-state index contributed by atoms with van der Waals surface area (Å²) in [5.41, 5.74) is 6.59. The smallest absolute Gasteiger partial charge is 0.251 e. The molecule has 16 heavy (non-hydrogen) atoms. The Morgan fingerprint density at radius 2 is 2.19 bits per heavy atom. The number of nitrogens with two attached hydrogens (primary N) is 1. The van der Waals surface area contributed by atoms with Gasteiger partial charge in [-0.25, -0.2) is 0 Å². The van der Waals surface area contributed by atoms with Crippen LogP contribution in [-0.2, 0) is 0 Å². The third-order valence-corrected chi connectivity index (χ3v) is 2.39. The first-order valence-corrected chi connectivity index (χ1v) is 5.43. The molecule has 4 N–H and O–H groups in total. The van der Waals surface area contributed by atoms with Gasteiger partial charge in [0.25, 0.3) is 5.91 Å². The molecule has 0 atom stereocenters. The SMILES string of the molecule is Cc1ccc(C(=O)NCCCCN)cc1O. The molecule has 1 rings (SSSR count). The van der Waals surface area contributed by atoms with Gasteiger partial charge in [-0.3, -0.25) is 4.79 Å². The van der Waals surface area contributed by atoms with Crippen molar-refractivity contribution in [2.45, 2.75) is 19.8 Å². The van der Waals surface area contributed by atoms with Crippen molar-refractivity contribution in [3.8, 4) is 5.75 Å². The largest absolute Gasteiger partial charge is 0.508 e. The summed E-state index contributed by atoms with van der Waals surface area (Å²) in [7, 11) is 0. The number of nitrogens with one attached hydrogen (secondary N) is 1. The third kappa shape index (κ3) is 3.55. The van der Waals surface area contributed by atoms with E-state index in [0.29, 0.717) is 18.7 Å². The molecule has 0 heterocycles. The van der Waals surface area contributed by atoms with Crippen molar-refractivity contribution in [3.05, 3.63) is 29.3 Å². The fourth-order valence-corrected chi connectivity index (χ4v) is 1.32. The molecule has 0 saturated carbocycles. The first kappa shape index (κ1) is 12.5. The first-order valence-electron chi connectivity index (χ1n) is 5.43. The Kier molecular flexibility index (Phi) is 4.79. The molecule has 1 aromatic rings. The highest BCUT2D eigenvalue weighted by Crippen LogP contribution is 2.17. The highest BCUT2D eigenvalue weighted by molar-refractivity contribution is 5.94. The molecule has 0 aliphatic rings. The van der Waals surface area contributed by atoms with E-state index < -0.39 is 0 Å². The molecule has 0 unspecified atom stereocenters. The highest BCUT2D eigenvalue weighted by atomic mass is 16.3. The Hall–Kier alpha value is -1.55. The van der Waals surface area contributed by atoms with Crippen LogP contribution in [0.15, 0.2) is 18.2 Å². The Balaban J connectivity index is 2.50. The van der Waals surface area contributed by atoms with Gasteiger partial charge in [-0.05, 0) is 44.0 Å². The van der Waals surface area contributed by atoms with E-state index in [9.17, 15) is 9.90 Å². The van der Waals surface area contributed by atoms with Crippen molar-refractivity contribution < 1.29 is 9.90 Å². The number of aryl methyl sites for hydroxylation is 1. The molecule has 0 radical (unpaired) electrons. The lowest BCUT2D eigenvalue weighted by Gasteiger charge is -2.06. The maximum Gasteiger partial charge on any atom is 0.251 e. The standard InChI is InChI=1S/C12H18N2O2/c1-9-4-5-10(8-11(9)15)12(16)14-7-3-2-6-13/h4-5,8,15H,2-3,6-7,13H2,1H3,(H,14,16). The lowest BCUT2D eigenvalue weighted by Crippen LogP contribution is -2.24. The lowest BCUT2D eigenvalue weighted by molar-refractivity contribution is 0.0952. The van der Waals surface area contributed by atoms with Crippen LogP contribution < -0.4 is 11.1 Å². The molecule has 0 saturated heterocycles. The summed E-state index contributed by atoms with van der Waals surface area (Å²) in [5, 5.41) is 12.2. The summed E-state index contributed by atoms with van der Waals surface area (Å²) < 4.78 is 0. The van der Waals surface area contributed by atoms with E-state index >= 15 is 0 Å². The minimum absolute atomic E-state index is 0.148. The number of phenolic OH excluding ortho intramolecular Hbond substituents is 1. The summed E-state index contributed by atoms with van der Waals surface area (Å²) in [6.45, 7) is 3.05. The molecule has 0 aliphatic heterocycles. The van der Waals surface area contributed by atoms with Gasteiger partial charge in [0.1, 0.15) is 5.75 Å². The number of aromatic hydroxyl groups is 1. The second-order valence-corrected chi connectivity index (χ2v) is 3.75. The van der Waals surface area contributed by atoms with Gasteiger partial charge in [0.05, 0.1) is 0 Å². The third-order valence-electron chi connectivity index (χ3n) is 2.39. The fraction of sp³-hybridized carbons (Fsp3) is 0.417. The van der Waals surface area contributed by atoms with Gasteiger partial charge >= 0.3 is 0 Å². The van der Waals surface area contributed by atoms with E-state index in [0.717, 1.165) is 18.4 Å². The number of carbonyl (C=O) groups is 1. The topological polar surface area (TPSA) is 75.4 Å². The number of amides is 1. The molecule has 4 nitrogen and oxygen atoms in total. The second-order valence-electron chi connectivity index (χ2n) is 3.75. The van der Waals surface area contributed by atoms with E-state index in [-0.39, 0.29) is 11.7 Å². The van der Waals surface area contributed by atoms with Crippen LogP contribution >= 0.6 is 0 Å². The zero-order valence-electron chi connectivity index (χ0n) is 9.49. The van der Waals surface area contributed by atoms with Gasteiger partial charge in [0, 0.05) is 12.1 Å². The molecule has 1 amide bonds. The summed E-state index contributed by atoms with van der Waals surface area (Å²) in [5.74, 6) is -0.0121. The van der Waals surface area contributed by atoms with Gasteiger partial charge in [-0.1, -0.05) is 6.07 Å². The van der Waals surface area contributed by atoms with Gasteiger partial charge in [0.2, 0.25) is 0 Å². The van der Waals surface area contributed by atoms with Gasteiger partial charge < -0.3 is 16.2 Å². The fourth-order valence-electron chi connectivity index (χ4n) is 1.32. The molecule has 0 spiro atoms. The van der Waals surface area contributed by atoms with Crippen molar-refractivity contribution >= 4 is 5.91 Å². The number of hydrogen-bond donors (Lipinski definition) is 3. The normalized spacial score (nSPS) is 10.1. The molecule has 1 aromatic carbocycles. The number of unbranched alkanes of at least 4 members (excludes halogenated alkanes) is 1. The monoisotopic (exact) mass is 222 g/mol. The predicted octanol–water partition coefficient (Wildman–Crippen LogP) is 1.17. The Labute approximate surface area is 95.5 Å². The number of rotatable bonds is 5. The second kappa shape index (κ2) is 6.12. The maximum absolute atomic E-state index is 11.6. The van der Waals surface area contributed by atoms with E-state index in [1.807, 2.05) is 0 Å². The van der Waals surface area contributed by atoms with Crippen LogP contribution in [0.1, 0.15) is 28.8 Å². The minimum Gasteiger partial charge on any atom is -0.508 e. The van der Waals surface area contributed by atoms with Crippen molar-refractivity contribution in [2.24, 2.45) is 5.73 Å². The molecule has 4 heteroatoms. The quantitative estimate of drug-likeness (QED) is 0.655. The van der Waals surface area contributed by atoms with Crippen LogP contribution in [0.25, 0.3) is 0 Å². The summed E-state index contributed by atoms with van der Waals surface area (Å²) in [6.07, 6.45) is 1.78. The molecule has 0 aliphatic carbocycles. The molecule has 0 aromatic heterocycles. The van der Waals surface area contributed by atoms with Crippen LogP contribution in [0.3, 0.4) is 0 Å². The molecule has 88 valence electrons. The van der Waals surface area contributed by atoms with Crippen molar-refractivity contribution in [3.63, 3.8) is 0 Å². The molecule has 0 bridgehead atoms. The zero-order valence-corrected chi connectivity index (χ0v) is 9.49.